The number of morpholine rings is 1. The van der Waals surface area contributed by atoms with Gasteiger partial charge >= 0.3 is 5.97 Å². The number of carbonyl (C=O) groups excluding carboxylic acids is 1. The second kappa shape index (κ2) is 7.78. The van der Waals surface area contributed by atoms with E-state index in [2.05, 4.69) is 0 Å². The number of para-hydroxylation sites is 2. The summed E-state index contributed by atoms with van der Waals surface area (Å²) in [7, 11) is -3.59. The van der Waals surface area contributed by atoms with Crippen molar-refractivity contribution in [1.29, 1.82) is 0 Å². The molecule has 2 aromatic carbocycles. The first-order valence-electron chi connectivity index (χ1n) is 8.82. The van der Waals surface area contributed by atoms with Gasteiger partial charge in [0.05, 0.1) is 18.1 Å². The van der Waals surface area contributed by atoms with Crippen LogP contribution in [-0.4, -0.2) is 57.7 Å². The Morgan fingerprint density at radius 3 is 2.39 bits per heavy atom. The third-order valence-corrected chi connectivity index (χ3v) is 6.33. The molecule has 4 rings (SSSR count). The first-order chi connectivity index (χ1) is 13.5. The van der Waals surface area contributed by atoms with Crippen LogP contribution in [0, 0.1) is 0 Å². The van der Waals surface area contributed by atoms with Crippen LogP contribution in [0.15, 0.2) is 53.4 Å². The molecule has 2 aliphatic rings. The summed E-state index contributed by atoms with van der Waals surface area (Å²) in [6, 6.07) is 12.8. The van der Waals surface area contributed by atoms with Crippen molar-refractivity contribution in [3.8, 4) is 17.2 Å². The van der Waals surface area contributed by atoms with Gasteiger partial charge in [0.15, 0.2) is 11.5 Å². The number of ether oxygens (including phenoxy) is 4. The number of carbonyl (C=O) groups is 1. The lowest BCUT2D eigenvalue weighted by Crippen LogP contribution is -2.40. The fraction of sp³-hybridized carbons (Fsp3) is 0.316. The van der Waals surface area contributed by atoms with Crippen molar-refractivity contribution in [3.63, 3.8) is 0 Å². The highest BCUT2D eigenvalue weighted by molar-refractivity contribution is 7.89. The van der Waals surface area contributed by atoms with E-state index in [1.54, 1.807) is 18.2 Å². The van der Waals surface area contributed by atoms with Crippen LogP contribution >= 0.6 is 0 Å². The largest absolute Gasteiger partial charge is 0.485 e. The summed E-state index contributed by atoms with van der Waals surface area (Å²) in [5, 5.41) is 0. The molecule has 2 aromatic rings. The van der Waals surface area contributed by atoms with E-state index in [1.807, 2.05) is 6.07 Å². The van der Waals surface area contributed by atoms with Gasteiger partial charge in [-0.05, 0) is 36.4 Å². The minimum Gasteiger partial charge on any atom is -0.485 e. The van der Waals surface area contributed by atoms with Crippen LogP contribution in [0.25, 0.3) is 0 Å². The summed E-state index contributed by atoms with van der Waals surface area (Å²) in [6.45, 7) is 1.43. The van der Waals surface area contributed by atoms with Crippen molar-refractivity contribution in [3.05, 3.63) is 48.5 Å². The summed E-state index contributed by atoms with van der Waals surface area (Å²) in [5.74, 6) is 0.665. The molecule has 0 bridgehead atoms. The molecule has 2 heterocycles. The lowest BCUT2D eigenvalue weighted by molar-refractivity contribution is -0.144. The summed E-state index contributed by atoms with van der Waals surface area (Å²) >= 11 is 0. The number of esters is 1. The second-order valence-electron chi connectivity index (χ2n) is 6.27. The molecule has 0 spiro atoms. The van der Waals surface area contributed by atoms with Gasteiger partial charge in [-0.1, -0.05) is 12.1 Å². The fourth-order valence-corrected chi connectivity index (χ4v) is 4.34. The Kier molecular flexibility index (Phi) is 5.21. The highest BCUT2D eigenvalue weighted by Gasteiger charge is 2.30. The number of sulfonamides is 1. The fourth-order valence-electron chi connectivity index (χ4n) is 2.93. The molecule has 2 aliphatic heterocycles. The molecule has 1 saturated heterocycles. The van der Waals surface area contributed by atoms with Crippen molar-refractivity contribution in [2.24, 2.45) is 0 Å². The molecule has 0 radical (unpaired) electrons. The molecule has 0 unspecified atom stereocenters. The molecule has 0 saturated carbocycles. The lowest BCUT2D eigenvalue weighted by Gasteiger charge is -2.26. The van der Waals surface area contributed by atoms with Gasteiger partial charge in [-0.3, -0.25) is 0 Å². The van der Waals surface area contributed by atoms with Crippen LogP contribution in [-0.2, 0) is 19.6 Å². The quantitative estimate of drug-likeness (QED) is 0.562. The highest BCUT2D eigenvalue weighted by Crippen LogP contribution is 2.31. The normalized spacial score (nSPS) is 19.8. The summed E-state index contributed by atoms with van der Waals surface area (Å²) in [4.78, 5) is 12.5. The highest BCUT2D eigenvalue weighted by atomic mass is 32.2. The summed E-state index contributed by atoms with van der Waals surface area (Å²) in [6.07, 6.45) is -0.897. The predicted molar refractivity (Wildman–Crippen MR) is 98.0 cm³/mol. The van der Waals surface area contributed by atoms with Crippen molar-refractivity contribution >= 4 is 16.0 Å². The minimum absolute atomic E-state index is 0.0410. The van der Waals surface area contributed by atoms with E-state index in [9.17, 15) is 13.2 Å². The number of fused-ring (bicyclic) bond motifs is 1. The predicted octanol–water partition coefficient (Wildman–Crippen LogP) is 1.45. The number of rotatable bonds is 4. The Balaban J connectivity index is 1.41. The topological polar surface area (TPSA) is 91.4 Å². The molecule has 1 fully saturated rings. The van der Waals surface area contributed by atoms with E-state index in [4.69, 9.17) is 18.9 Å². The maximum absolute atomic E-state index is 12.6. The third kappa shape index (κ3) is 3.82. The van der Waals surface area contributed by atoms with Crippen LogP contribution < -0.4 is 14.2 Å². The van der Waals surface area contributed by atoms with Crippen LogP contribution in [0.3, 0.4) is 0 Å². The van der Waals surface area contributed by atoms with Gasteiger partial charge in [-0.25, -0.2) is 13.2 Å². The SMILES string of the molecule is O=C(Oc1ccc(S(=O)(=O)N2CCOCC2)cc1)[C@@H]1COc2ccccc2O1. The van der Waals surface area contributed by atoms with Crippen LogP contribution in [0.1, 0.15) is 0 Å². The molecule has 1 atom stereocenters. The summed E-state index contributed by atoms with van der Waals surface area (Å²) < 4.78 is 48.2. The zero-order valence-corrected chi connectivity index (χ0v) is 15.8. The van der Waals surface area contributed by atoms with Crippen molar-refractivity contribution < 1.29 is 32.2 Å². The molecular formula is C19H19NO7S. The number of nitrogens with zero attached hydrogens (tertiary/aromatic N) is 1. The third-order valence-electron chi connectivity index (χ3n) is 4.42. The maximum atomic E-state index is 12.6. The van der Waals surface area contributed by atoms with Gasteiger partial charge in [-0.2, -0.15) is 4.31 Å². The van der Waals surface area contributed by atoms with E-state index >= 15 is 0 Å². The number of hydrogen-bond donors (Lipinski definition) is 0. The van der Waals surface area contributed by atoms with E-state index in [-0.39, 0.29) is 17.3 Å². The van der Waals surface area contributed by atoms with Gasteiger partial charge in [0.2, 0.25) is 16.1 Å². The first kappa shape index (κ1) is 18.7. The Morgan fingerprint density at radius 1 is 1.00 bits per heavy atom. The van der Waals surface area contributed by atoms with Crippen molar-refractivity contribution in [2.75, 3.05) is 32.9 Å². The van der Waals surface area contributed by atoms with Crippen LogP contribution in [0.5, 0.6) is 17.2 Å². The first-order valence-corrected chi connectivity index (χ1v) is 10.3. The molecule has 28 heavy (non-hydrogen) atoms. The number of hydrogen-bond acceptors (Lipinski definition) is 7. The Labute approximate surface area is 162 Å². The van der Waals surface area contributed by atoms with E-state index < -0.39 is 22.1 Å². The van der Waals surface area contributed by atoms with Gasteiger partial charge in [0.25, 0.3) is 0 Å². The Bertz CT molecular complexity index is 953. The average Bonchev–Trinajstić information content (AvgIpc) is 2.74. The molecule has 148 valence electrons. The van der Waals surface area contributed by atoms with Crippen molar-refractivity contribution in [1.82, 2.24) is 4.31 Å². The standard InChI is InChI=1S/C19H19NO7S/c21-19(18-13-25-16-3-1-2-4-17(16)27-18)26-14-5-7-15(8-6-14)28(22,23)20-9-11-24-12-10-20/h1-8,18H,9-13H2/t18-/m0/s1. The minimum atomic E-state index is -3.59. The maximum Gasteiger partial charge on any atom is 0.356 e. The molecular weight excluding hydrogens is 386 g/mol. The van der Waals surface area contributed by atoms with E-state index in [1.165, 1.54) is 28.6 Å². The molecule has 8 nitrogen and oxygen atoms in total. The van der Waals surface area contributed by atoms with E-state index in [0.717, 1.165) is 0 Å². The van der Waals surface area contributed by atoms with Gasteiger partial charge in [-0.15, -0.1) is 0 Å². The van der Waals surface area contributed by atoms with Crippen molar-refractivity contribution in [2.45, 2.75) is 11.0 Å². The molecule has 0 aliphatic carbocycles. The average molecular weight is 405 g/mol. The molecule has 0 aromatic heterocycles. The van der Waals surface area contributed by atoms with Gasteiger partial charge < -0.3 is 18.9 Å². The van der Waals surface area contributed by atoms with E-state index in [0.29, 0.717) is 37.8 Å². The lowest BCUT2D eigenvalue weighted by atomic mass is 10.2. The molecule has 0 amide bonds. The van der Waals surface area contributed by atoms with Gasteiger partial charge in [0, 0.05) is 13.1 Å². The Hall–Kier alpha value is -2.62. The Morgan fingerprint density at radius 2 is 1.68 bits per heavy atom. The summed E-state index contributed by atoms with van der Waals surface area (Å²) in [5.41, 5.74) is 0. The molecule has 9 heteroatoms. The van der Waals surface area contributed by atoms with Gasteiger partial charge in [0.1, 0.15) is 12.4 Å². The van der Waals surface area contributed by atoms with Crippen LogP contribution in [0.4, 0.5) is 0 Å². The monoisotopic (exact) mass is 405 g/mol. The number of benzene rings is 2. The molecule has 0 N–H and O–H groups in total. The second-order valence-corrected chi connectivity index (χ2v) is 8.21. The zero-order valence-electron chi connectivity index (χ0n) is 14.9. The zero-order chi connectivity index (χ0) is 19.6. The smallest absolute Gasteiger partial charge is 0.356 e. The van der Waals surface area contributed by atoms with Crippen LogP contribution in [0.2, 0.25) is 0 Å².